The predicted octanol–water partition coefficient (Wildman–Crippen LogP) is 0.458. The van der Waals surface area contributed by atoms with Crippen molar-refractivity contribution >= 4 is 12.0 Å². The maximum atomic E-state index is 12.2. The number of hydrogen-bond acceptors (Lipinski definition) is 4. The van der Waals surface area contributed by atoms with Gasteiger partial charge in [-0.1, -0.05) is 6.92 Å². The summed E-state index contributed by atoms with van der Waals surface area (Å²) in [6.07, 6.45) is 0.189. The van der Waals surface area contributed by atoms with Crippen molar-refractivity contribution in [2.75, 3.05) is 40.8 Å². The molecule has 1 rings (SSSR count). The molecule has 122 valence electrons. The quantitative estimate of drug-likeness (QED) is 0.714. The number of rotatable bonds is 7. The van der Waals surface area contributed by atoms with Gasteiger partial charge in [-0.05, 0) is 26.9 Å². The topological polar surface area (TPSA) is 82.1 Å². The Labute approximate surface area is 126 Å². The van der Waals surface area contributed by atoms with Crippen molar-refractivity contribution in [3.05, 3.63) is 0 Å². The summed E-state index contributed by atoms with van der Waals surface area (Å²) in [6, 6.07) is -0.248. The average molecular weight is 301 g/mol. The Hall–Kier alpha value is -1.34. The van der Waals surface area contributed by atoms with E-state index in [2.05, 4.69) is 5.32 Å². The average Bonchev–Trinajstić information content (AvgIpc) is 2.88. The summed E-state index contributed by atoms with van der Waals surface area (Å²) in [5, 5.41) is 12.1. The van der Waals surface area contributed by atoms with E-state index in [4.69, 9.17) is 4.74 Å². The van der Waals surface area contributed by atoms with Gasteiger partial charge in [0.25, 0.3) is 0 Å². The molecule has 0 radical (unpaired) electrons. The minimum Gasteiger partial charge on any atom is -0.465 e. The highest BCUT2D eigenvalue weighted by Crippen LogP contribution is 2.26. The first kappa shape index (κ1) is 17.7. The summed E-state index contributed by atoms with van der Waals surface area (Å²) < 4.78 is 5.45. The minimum atomic E-state index is -0.945. The molecule has 2 N–H and O–H groups in total. The van der Waals surface area contributed by atoms with Gasteiger partial charge in [-0.2, -0.15) is 0 Å². The lowest BCUT2D eigenvalue weighted by molar-refractivity contribution is -0.130. The fraction of sp³-hybridized carbons (Fsp3) is 0.857. The van der Waals surface area contributed by atoms with Gasteiger partial charge >= 0.3 is 6.09 Å². The van der Waals surface area contributed by atoms with Crippen LogP contribution in [0, 0.1) is 5.92 Å². The van der Waals surface area contributed by atoms with Crippen molar-refractivity contribution in [2.24, 2.45) is 5.92 Å². The Balaban J connectivity index is 2.61. The molecule has 0 saturated carbocycles. The van der Waals surface area contributed by atoms with Crippen LogP contribution in [0.5, 0.6) is 0 Å². The smallest absolute Gasteiger partial charge is 0.407 e. The number of ether oxygens (including phenoxy) is 1. The van der Waals surface area contributed by atoms with E-state index in [1.54, 1.807) is 6.92 Å². The van der Waals surface area contributed by atoms with E-state index in [-0.39, 0.29) is 17.9 Å². The summed E-state index contributed by atoms with van der Waals surface area (Å²) in [6.45, 7) is 3.63. The number of likely N-dealkylation sites (tertiary alicyclic amines) is 1. The zero-order valence-electron chi connectivity index (χ0n) is 13.3. The lowest BCUT2D eigenvalue weighted by atomic mass is 9.95. The third-order valence-electron chi connectivity index (χ3n) is 3.96. The van der Waals surface area contributed by atoms with Crippen LogP contribution in [0.2, 0.25) is 0 Å². The molecule has 0 spiro atoms. The predicted molar refractivity (Wildman–Crippen MR) is 79.3 cm³/mol. The lowest BCUT2D eigenvalue weighted by Gasteiger charge is -2.32. The standard InChI is InChI=1S/C14H27N3O4/c1-10(13(18)15-7-9-16(2)3)12(21-4)11-6-5-8-17(11)14(19)20/h10-12H,5-9H2,1-4H3,(H,15,18)(H,19,20)/t10?,11-,12+/m0/s1. The van der Waals surface area contributed by atoms with E-state index in [0.717, 1.165) is 19.4 Å². The van der Waals surface area contributed by atoms with E-state index >= 15 is 0 Å². The van der Waals surface area contributed by atoms with Crippen LogP contribution in [0.3, 0.4) is 0 Å². The summed E-state index contributed by atoms with van der Waals surface area (Å²) in [7, 11) is 5.42. The zero-order chi connectivity index (χ0) is 16.0. The monoisotopic (exact) mass is 301 g/mol. The van der Waals surface area contributed by atoms with E-state index in [1.807, 2.05) is 19.0 Å². The summed E-state index contributed by atoms with van der Waals surface area (Å²) in [4.78, 5) is 26.8. The van der Waals surface area contributed by atoms with Crippen molar-refractivity contribution < 1.29 is 19.4 Å². The number of likely N-dealkylation sites (N-methyl/N-ethyl adjacent to an activating group) is 1. The van der Waals surface area contributed by atoms with E-state index in [0.29, 0.717) is 13.1 Å². The van der Waals surface area contributed by atoms with Crippen LogP contribution in [0.25, 0.3) is 0 Å². The molecule has 1 aliphatic heterocycles. The highest BCUT2D eigenvalue weighted by atomic mass is 16.5. The number of carbonyl (C=O) groups is 2. The van der Waals surface area contributed by atoms with Crippen molar-refractivity contribution in [1.82, 2.24) is 15.1 Å². The molecule has 0 aromatic rings. The number of carbonyl (C=O) groups excluding carboxylic acids is 1. The van der Waals surface area contributed by atoms with Gasteiger partial charge < -0.3 is 25.0 Å². The zero-order valence-corrected chi connectivity index (χ0v) is 13.3. The molecule has 0 bridgehead atoms. The number of amides is 2. The van der Waals surface area contributed by atoms with E-state index in [9.17, 15) is 14.7 Å². The van der Waals surface area contributed by atoms with E-state index < -0.39 is 12.2 Å². The molecule has 0 aromatic heterocycles. The van der Waals surface area contributed by atoms with Gasteiger partial charge in [0.05, 0.1) is 18.1 Å². The fourth-order valence-electron chi connectivity index (χ4n) is 2.78. The van der Waals surface area contributed by atoms with Crippen LogP contribution in [0.1, 0.15) is 19.8 Å². The van der Waals surface area contributed by atoms with Crippen LogP contribution in [-0.2, 0) is 9.53 Å². The molecule has 1 fully saturated rings. The van der Waals surface area contributed by atoms with Crippen molar-refractivity contribution in [2.45, 2.75) is 31.9 Å². The first-order valence-electron chi connectivity index (χ1n) is 7.33. The molecule has 7 heteroatoms. The first-order chi connectivity index (χ1) is 9.88. The SMILES string of the molecule is CO[C@H](C(C)C(=O)NCCN(C)C)[C@@H]1CCCN1C(=O)O. The third kappa shape index (κ3) is 4.86. The van der Waals surface area contributed by atoms with Crippen LogP contribution in [0.4, 0.5) is 4.79 Å². The van der Waals surface area contributed by atoms with Crippen LogP contribution in [-0.4, -0.2) is 79.9 Å². The third-order valence-corrected chi connectivity index (χ3v) is 3.96. The normalized spacial score (nSPS) is 21.4. The first-order valence-corrected chi connectivity index (χ1v) is 7.33. The van der Waals surface area contributed by atoms with Gasteiger partial charge in [-0.15, -0.1) is 0 Å². The number of hydrogen-bond donors (Lipinski definition) is 2. The van der Waals surface area contributed by atoms with Gasteiger partial charge in [0.1, 0.15) is 0 Å². The molecule has 21 heavy (non-hydrogen) atoms. The minimum absolute atomic E-state index is 0.0964. The maximum Gasteiger partial charge on any atom is 0.407 e. The maximum absolute atomic E-state index is 12.2. The number of methoxy groups -OCH3 is 1. The number of carboxylic acid groups (broad SMARTS) is 1. The fourth-order valence-corrected chi connectivity index (χ4v) is 2.78. The van der Waals surface area contributed by atoms with Gasteiger partial charge in [-0.3, -0.25) is 4.79 Å². The number of nitrogens with zero attached hydrogens (tertiary/aromatic N) is 2. The summed E-state index contributed by atoms with van der Waals surface area (Å²) in [5.74, 6) is -0.483. The number of nitrogens with one attached hydrogen (secondary N) is 1. The molecule has 7 nitrogen and oxygen atoms in total. The molecular formula is C14H27N3O4. The Morgan fingerprint density at radius 1 is 1.48 bits per heavy atom. The molecule has 0 aromatic carbocycles. The van der Waals surface area contributed by atoms with Crippen LogP contribution >= 0.6 is 0 Å². The molecule has 1 heterocycles. The molecule has 1 unspecified atom stereocenters. The summed E-state index contributed by atoms with van der Waals surface area (Å²) >= 11 is 0. The second-order valence-corrected chi connectivity index (χ2v) is 5.77. The highest BCUT2D eigenvalue weighted by molar-refractivity contribution is 5.79. The molecular weight excluding hydrogens is 274 g/mol. The Morgan fingerprint density at radius 3 is 2.67 bits per heavy atom. The molecule has 1 aliphatic rings. The van der Waals surface area contributed by atoms with Crippen LogP contribution in [0.15, 0.2) is 0 Å². The van der Waals surface area contributed by atoms with Crippen molar-refractivity contribution in [3.63, 3.8) is 0 Å². The molecule has 0 aliphatic carbocycles. The van der Waals surface area contributed by atoms with Gasteiger partial charge in [0.15, 0.2) is 0 Å². The van der Waals surface area contributed by atoms with Crippen molar-refractivity contribution in [1.29, 1.82) is 0 Å². The Morgan fingerprint density at radius 2 is 2.14 bits per heavy atom. The van der Waals surface area contributed by atoms with Crippen LogP contribution < -0.4 is 5.32 Å². The Kier molecular flexibility index (Phi) is 6.91. The Bertz CT molecular complexity index is 362. The van der Waals surface area contributed by atoms with Gasteiger partial charge in [-0.25, -0.2) is 4.79 Å². The second kappa shape index (κ2) is 8.19. The molecule has 2 amide bonds. The van der Waals surface area contributed by atoms with Crippen molar-refractivity contribution in [3.8, 4) is 0 Å². The molecule has 1 saturated heterocycles. The van der Waals surface area contributed by atoms with Gasteiger partial charge in [0, 0.05) is 26.7 Å². The highest BCUT2D eigenvalue weighted by Gasteiger charge is 2.39. The molecule has 3 atom stereocenters. The largest absolute Gasteiger partial charge is 0.465 e. The summed E-state index contributed by atoms with van der Waals surface area (Å²) in [5.41, 5.74) is 0. The van der Waals surface area contributed by atoms with E-state index in [1.165, 1.54) is 12.0 Å². The second-order valence-electron chi connectivity index (χ2n) is 5.77. The lowest BCUT2D eigenvalue weighted by Crippen LogP contribution is -2.49. The van der Waals surface area contributed by atoms with Gasteiger partial charge in [0.2, 0.25) is 5.91 Å².